The summed E-state index contributed by atoms with van der Waals surface area (Å²) in [6.45, 7) is 7.45. The first-order valence-electron chi connectivity index (χ1n) is 6.98. The molecule has 5 nitrogen and oxygen atoms in total. The zero-order valence-corrected chi connectivity index (χ0v) is 13.2. The summed E-state index contributed by atoms with van der Waals surface area (Å²) in [5.74, 6) is -0.180. The molecular weight excluding hydrogens is 270 g/mol. The molecule has 21 heavy (non-hydrogen) atoms. The van der Waals surface area contributed by atoms with E-state index in [1.165, 1.54) is 0 Å². The zero-order chi connectivity index (χ0) is 15.9. The Morgan fingerprint density at radius 1 is 1.24 bits per heavy atom. The molecule has 1 aliphatic heterocycles. The van der Waals surface area contributed by atoms with Crippen LogP contribution in [-0.4, -0.2) is 34.9 Å². The number of rotatable bonds is 4. The van der Waals surface area contributed by atoms with Crippen LogP contribution in [0.3, 0.4) is 0 Å². The lowest BCUT2D eigenvalue weighted by molar-refractivity contribution is -0.149. The molecule has 1 aromatic rings. The van der Waals surface area contributed by atoms with E-state index in [1.54, 1.807) is 19.2 Å². The molecule has 1 atom stereocenters. The minimum atomic E-state index is -1.18. The van der Waals surface area contributed by atoms with Gasteiger partial charge in [-0.2, -0.15) is 0 Å². The number of benzene rings is 1. The highest BCUT2D eigenvalue weighted by Gasteiger charge is 2.62. The van der Waals surface area contributed by atoms with Gasteiger partial charge in [-0.15, -0.1) is 0 Å². The molecule has 1 heterocycles. The summed E-state index contributed by atoms with van der Waals surface area (Å²) in [5, 5.41) is 13.0. The molecule has 0 radical (unpaired) electrons. The van der Waals surface area contributed by atoms with Gasteiger partial charge in [-0.1, -0.05) is 0 Å². The minimum absolute atomic E-state index is 0.383. The van der Waals surface area contributed by atoms with Gasteiger partial charge in [-0.05, 0) is 52.0 Å². The number of ether oxygens (including phenoxy) is 2. The molecule has 2 N–H and O–H groups in total. The van der Waals surface area contributed by atoms with Crippen molar-refractivity contribution < 1.29 is 19.4 Å². The van der Waals surface area contributed by atoms with Crippen LogP contribution >= 0.6 is 0 Å². The van der Waals surface area contributed by atoms with Crippen molar-refractivity contribution in [1.82, 2.24) is 0 Å². The van der Waals surface area contributed by atoms with Crippen LogP contribution in [0.5, 0.6) is 5.75 Å². The standard InChI is InChI=1S/C16H23NO4/c1-14(2)10-16(13(18)19,15(3,4)21-14)17-11-6-8-12(20-5)9-7-11/h6-9,17H,10H2,1-5H3,(H,18,19). The summed E-state index contributed by atoms with van der Waals surface area (Å²) in [6.07, 6.45) is 0.383. The quantitative estimate of drug-likeness (QED) is 0.893. The first-order chi connectivity index (χ1) is 9.62. The normalized spacial score (nSPS) is 26.3. The van der Waals surface area contributed by atoms with Gasteiger partial charge < -0.3 is 19.9 Å². The largest absolute Gasteiger partial charge is 0.497 e. The van der Waals surface area contributed by atoms with Crippen LogP contribution < -0.4 is 10.1 Å². The third kappa shape index (κ3) is 2.70. The summed E-state index contributed by atoms with van der Waals surface area (Å²) in [5.41, 5.74) is -1.78. The van der Waals surface area contributed by atoms with Crippen LogP contribution in [0.2, 0.25) is 0 Å². The minimum Gasteiger partial charge on any atom is -0.497 e. The first-order valence-corrected chi connectivity index (χ1v) is 6.98. The number of carboxylic acid groups (broad SMARTS) is 1. The van der Waals surface area contributed by atoms with Gasteiger partial charge in [0, 0.05) is 12.1 Å². The lowest BCUT2D eigenvalue weighted by Crippen LogP contribution is -2.58. The van der Waals surface area contributed by atoms with Crippen molar-refractivity contribution in [3.8, 4) is 5.75 Å². The molecule has 116 valence electrons. The van der Waals surface area contributed by atoms with Gasteiger partial charge in [0.25, 0.3) is 0 Å². The lowest BCUT2D eigenvalue weighted by atomic mass is 9.78. The average molecular weight is 293 g/mol. The average Bonchev–Trinajstić information content (AvgIpc) is 2.55. The number of carboxylic acids is 1. The highest BCUT2D eigenvalue weighted by atomic mass is 16.5. The monoisotopic (exact) mass is 293 g/mol. The van der Waals surface area contributed by atoms with E-state index in [0.29, 0.717) is 6.42 Å². The number of hydrogen-bond donors (Lipinski definition) is 2. The van der Waals surface area contributed by atoms with E-state index in [2.05, 4.69) is 5.32 Å². The number of methoxy groups -OCH3 is 1. The molecule has 1 aromatic carbocycles. The fourth-order valence-electron chi connectivity index (χ4n) is 3.17. The summed E-state index contributed by atoms with van der Waals surface area (Å²) in [6, 6.07) is 7.22. The number of anilines is 1. The second-order valence-corrected chi connectivity index (χ2v) is 6.61. The molecule has 1 fully saturated rings. The smallest absolute Gasteiger partial charge is 0.332 e. The van der Waals surface area contributed by atoms with Crippen molar-refractivity contribution in [3.63, 3.8) is 0 Å². The van der Waals surface area contributed by atoms with Gasteiger partial charge in [-0.3, -0.25) is 0 Å². The molecule has 0 saturated carbocycles. The van der Waals surface area contributed by atoms with Gasteiger partial charge in [-0.25, -0.2) is 4.79 Å². The van der Waals surface area contributed by atoms with E-state index in [-0.39, 0.29) is 0 Å². The van der Waals surface area contributed by atoms with Gasteiger partial charge >= 0.3 is 5.97 Å². The third-order valence-corrected chi connectivity index (χ3v) is 4.06. The third-order valence-electron chi connectivity index (χ3n) is 4.06. The van der Waals surface area contributed by atoms with E-state index >= 15 is 0 Å². The van der Waals surface area contributed by atoms with Gasteiger partial charge in [0.1, 0.15) is 5.75 Å². The number of nitrogens with one attached hydrogen (secondary N) is 1. The maximum Gasteiger partial charge on any atom is 0.332 e. The van der Waals surface area contributed by atoms with Crippen molar-refractivity contribution in [3.05, 3.63) is 24.3 Å². The summed E-state index contributed by atoms with van der Waals surface area (Å²) in [4.78, 5) is 12.0. The van der Waals surface area contributed by atoms with E-state index in [1.807, 2.05) is 39.8 Å². The van der Waals surface area contributed by atoms with E-state index in [9.17, 15) is 9.90 Å². The Kier molecular flexibility index (Phi) is 3.66. The molecule has 0 aromatic heterocycles. The van der Waals surface area contributed by atoms with Crippen LogP contribution in [0.15, 0.2) is 24.3 Å². The lowest BCUT2D eigenvalue weighted by Gasteiger charge is -2.37. The highest BCUT2D eigenvalue weighted by molar-refractivity contribution is 5.85. The SMILES string of the molecule is COc1ccc(NC2(C(=O)O)CC(C)(C)OC2(C)C)cc1. The Morgan fingerprint density at radius 3 is 2.19 bits per heavy atom. The van der Waals surface area contributed by atoms with E-state index < -0.39 is 22.7 Å². The highest BCUT2D eigenvalue weighted by Crippen LogP contribution is 2.47. The van der Waals surface area contributed by atoms with Crippen molar-refractivity contribution >= 4 is 11.7 Å². The Morgan fingerprint density at radius 2 is 1.81 bits per heavy atom. The second-order valence-electron chi connectivity index (χ2n) is 6.61. The summed E-state index contributed by atoms with van der Waals surface area (Å²) >= 11 is 0. The van der Waals surface area contributed by atoms with Crippen LogP contribution in [-0.2, 0) is 9.53 Å². The zero-order valence-electron chi connectivity index (χ0n) is 13.2. The van der Waals surface area contributed by atoms with Gasteiger partial charge in [0.15, 0.2) is 5.54 Å². The molecule has 2 rings (SSSR count). The Hall–Kier alpha value is -1.75. The number of carbonyl (C=O) groups is 1. The molecule has 0 bridgehead atoms. The fraction of sp³-hybridized carbons (Fsp3) is 0.562. The molecule has 1 aliphatic rings. The van der Waals surface area contributed by atoms with Gasteiger partial charge in [0.2, 0.25) is 0 Å². The fourth-order valence-corrected chi connectivity index (χ4v) is 3.17. The van der Waals surface area contributed by atoms with Crippen molar-refractivity contribution in [2.24, 2.45) is 0 Å². The van der Waals surface area contributed by atoms with Gasteiger partial charge in [0.05, 0.1) is 18.3 Å². The van der Waals surface area contributed by atoms with Crippen molar-refractivity contribution in [2.45, 2.75) is 50.9 Å². The first kappa shape index (κ1) is 15.6. The van der Waals surface area contributed by atoms with Crippen LogP contribution in [0.4, 0.5) is 5.69 Å². The number of hydrogen-bond acceptors (Lipinski definition) is 4. The predicted octanol–water partition coefficient (Wildman–Crippen LogP) is 2.91. The Balaban J connectivity index is 2.37. The maximum atomic E-state index is 12.0. The molecule has 0 spiro atoms. The topological polar surface area (TPSA) is 67.8 Å². The van der Waals surface area contributed by atoms with E-state index in [0.717, 1.165) is 11.4 Å². The molecule has 0 aliphatic carbocycles. The molecule has 1 unspecified atom stereocenters. The molecule has 5 heteroatoms. The van der Waals surface area contributed by atoms with Crippen LogP contribution in [0.1, 0.15) is 34.1 Å². The predicted molar refractivity (Wildman–Crippen MR) is 80.8 cm³/mol. The second kappa shape index (κ2) is 4.91. The van der Waals surface area contributed by atoms with E-state index in [4.69, 9.17) is 9.47 Å². The molecule has 1 saturated heterocycles. The van der Waals surface area contributed by atoms with Crippen LogP contribution in [0, 0.1) is 0 Å². The number of aliphatic carboxylic acids is 1. The molecule has 0 amide bonds. The van der Waals surface area contributed by atoms with Crippen LogP contribution in [0.25, 0.3) is 0 Å². The Bertz CT molecular complexity index is 536. The Labute approximate surface area is 125 Å². The van der Waals surface area contributed by atoms with Crippen molar-refractivity contribution in [1.29, 1.82) is 0 Å². The molecular formula is C16H23NO4. The van der Waals surface area contributed by atoms with Crippen molar-refractivity contribution in [2.75, 3.05) is 12.4 Å². The summed E-state index contributed by atoms with van der Waals surface area (Å²) in [7, 11) is 1.59. The maximum absolute atomic E-state index is 12.0. The summed E-state index contributed by atoms with van der Waals surface area (Å²) < 4.78 is 11.1.